The van der Waals surface area contributed by atoms with Crippen molar-refractivity contribution in [3.05, 3.63) is 16.5 Å². The minimum absolute atomic E-state index is 0.0122. The summed E-state index contributed by atoms with van der Waals surface area (Å²) in [5.74, 6) is 0.0883. The molecule has 0 aromatic carbocycles. The molecule has 2 heterocycles. The Bertz CT molecular complexity index is 625. The highest BCUT2D eigenvalue weighted by atomic mass is 79.9. The topological polar surface area (TPSA) is 93.6 Å². The third-order valence-electron chi connectivity index (χ3n) is 3.81. The zero-order valence-corrected chi connectivity index (χ0v) is 13.7. The standard InChI is InChI=1S/C12H17BrN2O4S/c1-7-4-3-5-15(8(7)2)12(16)9-6-10(11(13)19-9)20(14,17)18/h6-8H,3-5H2,1-2H3,(H2,14,17,18). The van der Waals surface area contributed by atoms with Crippen molar-refractivity contribution < 1.29 is 17.6 Å². The first-order valence-corrected chi connectivity index (χ1v) is 8.69. The van der Waals surface area contributed by atoms with Gasteiger partial charge in [0.1, 0.15) is 4.90 Å². The number of likely N-dealkylation sites (tertiary alicyclic amines) is 1. The molecule has 2 N–H and O–H groups in total. The molecular weight excluding hydrogens is 348 g/mol. The van der Waals surface area contributed by atoms with Gasteiger partial charge in [0, 0.05) is 18.7 Å². The summed E-state index contributed by atoms with van der Waals surface area (Å²) in [5, 5.41) is 5.06. The number of nitrogens with zero attached hydrogens (tertiary/aromatic N) is 1. The Balaban J connectivity index is 2.30. The number of piperidine rings is 1. The van der Waals surface area contributed by atoms with Crippen LogP contribution in [0.1, 0.15) is 37.2 Å². The number of amides is 1. The zero-order chi connectivity index (χ0) is 15.1. The van der Waals surface area contributed by atoms with Gasteiger partial charge >= 0.3 is 0 Å². The van der Waals surface area contributed by atoms with Crippen molar-refractivity contribution in [1.29, 1.82) is 0 Å². The van der Waals surface area contributed by atoms with Crippen LogP contribution in [0.5, 0.6) is 0 Å². The number of primary sulfonamides is 1. The predicted molar refractivity (Wildman–Crippen MR) is 76.7 cm³/mol. The Morgan fingerprint density at radius 3 is 2.70 bits per heavy atom. The molecule has 1 aromatic heterocycles. The van der Waals surface area contributed by atoms with Crippen LogP contribution in [-0.2, 0) is 10.0 Å². The predicted octanol–water partition coefficient (Wildman–Crippen LogP) is 1.95. The summed E-state index contributed by atoms with van der Waals surface area (Å²) >= 11 is 2.98. The Labute approximate surface area is 126 Å². The Hall–Kier alpha value is -0.860. The lowest BCUT2D eigenvalue weighted by Crippen LogP contribution is -2.45. The molecule has 0 saturated carbocycles. The maximum atomic E-state index is 12.4. The minimum atomic E-state index is -3.91. The molecule has 0 bridgehead atoms. The van der Waals surface area contributed by atoms with Crippen molar-refractivity contribution in [2.24, 2.45) is 11.1 Å². The number of carbonyl (C=O) groups is 1. The van der Waals surface area contributed by atoms with Crippen LogP contribution in [0.3, 0.4) is 0 Å². The van der Waals surface area contributed by atoms with E-state index in [2.05, 4.69) is 22.9 Å². The molecule has 1 saturated heterocycles. The molecule has 2 atom stereocenters. The van der Waals surface area contributed by atoms with Gasteiger partial charge in [-0.05, 0) is 41.6 Å². The van der Waals surface area contributed by atoms with E-state index in [4.69, 9.17) is 9.56 Å². The maximum Gasteiger partial charge on any atom is 0.289 e. The van der Waals surface area contributed by atoms with Crippen molar-refractivity contribution in [3.8, 4) is 0 Å². The van der Waals surface area contributed by atoms with E-state index in [9.17, 15) is 13.2 Å². The molecule has 6 nitrogen and oxygen atoms in total. The van der Waals surface area contributed by atoms with Gasteiger partial charge in [0.15, 0.2) is 10.4 Å². The quantitative estimate of drug-likeness (QED) is 0.867. The van der Waals surface area contributed by atoms with E-state index >= 15 is 0 Å². The van der Waals surface area contributed by atoms with Gasteiger partial charge in [0.2, 0.25) is 10.0 Å². The second kappa shape index (κ2) is 5.50. The molecule has 1 amide bonds. The molecule has 112 valence electrons. The van der Waals surface area contributed by atoms with Crippen molar-refractivity contribution >= 4 is 31.9 Å². The molecular formula is C12H17BrN2O4S. The lowest BCUT2D eigenvalue weighted by atomic mass is 9.92. The number of sulfonamides is 1. The monoisotopic (exact) mass is 364 g/mol. The third-order valence-corrected chi connectivity index (χ3v) is 5.58. The molecule has 0 aliphatic carbocycles. The summed E-state index contributed by atoms with van der Waals surface area (Å²) in [5.41, 5.74) is 0. The van der Waals surface area contributed by atoms with E-state index in [1.54, 1.807) is 4.90 Å². The van der Waals surface area contributed by atoms with Gasteiger partial charge in [-0.1, -0.05) is 6.92 Å². The lowest BCUT2D eigenvalue weighted by molar-refractivity contribution is 0.0518. The van der Waals surface area contributed by atoms with Crippen LogP contribution in [-0.4, -0.2) is 31.8 Å². The number of hydrogen-bond donors (Lipinski definition) is 1. The fourth-order valence-corrected chi connectivity index (χ4v) is 3.92. The fraction of sp³-hybridized carbons (Fsp3) is 0.583. The molecule has 2 rings (SSSR count). The molecule has 1 aliphatic heterocycles. The van der Waals surface area contributed by atoms with Crippen molar-refractivity contribution in [2.75, 3.05) is 6.54 Å². The smallest absolute Gasteiger partial charge is 0.289 e. The fourth-order valence-electron chi connectivity index (χ4n) is 2.42. The van der Waals surface area contributed by atoms with Crippen molar-refractivity contribution in [1.82, 2.24) is 4.90 Å². The number of halogens is 1. The van der Waals surface area contributed by atoms with Crippen LogP contribution >= 0.6 is 15.9 Å². The molecule has 2 unspecified atom stereocenters. The van der Waals surface area contributed by atoms with E-state index in [0.29, 0.717) is 12.5 Å². The second-order valence-corrected chi connectivity index (χ2v) is 7.40. The average Bonchev–Trinajstić information content (AvgIpc) is 2.74. The van der Waals surface area contributed by atoms with Crippen molar-refractivity contribution in [2.45, 2.75) is 37.6 Å². The van der Waals surface area contributed by atoms with E-state index in [0.717, 1.165) is 12.8 Å². The first kappa shape index (κ1) is 15.5. The van der Waals surface area contributed by atoms with Gasteiger partial charge in [-0.2, -0.15) is 0 Å². The number of nitrogens with two attached hydrogens (primary N) is 1. The van der Waals surface area contributed by atoms with Crippen LogP contribution in [0.4, 0.5) is 0 Å². The number of furan rings is 1. The summed E-state index contributed by atoms with van der Waals surface area (Å²) in [6.07, 6.45) is 2.01. The SMILES string of the molecule is CC1CCCN(C(=O)c2cc(S(N)(=O)=O)c(Br)o2)C1C. The van der Waals surface area contributed by atoms with Crippen molar-refractivity contribution in [3.63, 3.8) is 0 Å². The van der Waals surface area contributed by atoms with Crippen LogP contribution in [0, 0.1) is 5.92 Å². The number of hydrogen-bond acceptors (Lipinski definition) is 4. The summed E-state index contributed by atoms with van der Waals surface area (Å²) in [7, 11) is -3.91. The van der Waals surface area contributed by atoms with Gasteiger partial charge < -0.3 is 9.32 Å². The van der Waals surface area contributed by atoms with Gasteiger partial charge in [0.05, 0.1) is 0 Å². The van der Waals surface area contributed by atoms with Gasteiger partial charge in [-0.15, -0.1) is 0 Å². The normalized spacial score (nSPS) is 23.9. The Kier molecular flexibility index (Phi) is 4.27. The first-order chi connectivity index (χ1) is 9.21. The number of rotatable bonds is 2. The highest BCUT2D eigenvalue weighted by molar-refractivity contribution is 9.10. The first-order valence-electron chi connectivity index (χ1n) is 6.35. The molecule has 0 spiro atoms. The van der Waals surface area contributed by atoms with Crippen LogP contribution < -0.4 is 5.14 Å². The van der Waals surface area contributed by atoms with E-state index in [1.807, 2.05) is 6.92 Å². The molecule has 8 heteroatoms. The van der Waals surface area contributed by atoms with Gasteiger partial charge in [0.25, 0.3) is 5.91 Å². The molecule has 1 aliphatic rings. The Morgan fingerprint density at radius 1 is 1.50 bits per heavy atom. The average molecular weight is 365 g/mol. The summed E-state index contributed by atoms with van der Waals surface area (Å²) < 4.78 is 27.9. The van der Waals surface area contributed by atoms with E-state index in [1.165, 1.54) is 6.07 Å². The van der Waals surface area contributed by atoms with Gasteiger partial charge in [-0.25, -0.2) is 13.6 Å². The summed E-state index contributed by atoms with van der Waals surface area (Å²) in [4.78, 5) is 13.9. The van der Waals surface area contributed by atoms with Crippen LogP contribution in [0.2, 0.25) is 0 Å². The largest absolute Gasteiger partial charge is 0.443 e. The van der Waals surface area contributed by atoms with Gasteiger partial charge in [-0.3, -0.25) is 4.79 Å². The molecule has 1 fully saturated rings. The highest BCUT2D eigenvalue weighted by Crippen LogP contribution is 2.29. The van der Waals surface area contributed by atoms with Crippen LogP contribution in [0.25, 0.3) is 0 Å². The summed E-state index contributed by atoms with van der Waals surface area (Å²) in [6, 6.07) is 1.27. The molecule has 0 radical (unpaired) electrons. The zero-order valence-electron chi connectivity index (χ0n) is 11.3. The maximum absolute atomic E-state index is 12.4. The van der Waals surface area contributed by atoms with E-state index in [-0.39, 0.29) is 27.3 Å². The second-order valence-electron chi connectivity index (χ2n) is 5.15. The number of carbonyl (C=O) groups excluding carboxylic acids is 1. The molecule has 1 aromatic rings. The van der Waals surface area contributed by atoms with Crippen LogP contribution in [0.15, 0.2) is 20.0 Å². The molecule has 20 heavy (non-hydrogen) atoms. The highest BCUT2D eigenvalue weighted by Gasteiger charge is 2.32. The lowest BCUT2D eigenvalue weighted by Gasteiger charge is -2.37. The minimum Gasteiger partial charge on any atom is -0.443 e. The van der Waals surface area contributed by atoms with E-state index < -0.39 is 10.0 Å². The Morgan fingerprint density at radius 2 is 2.15 bits per heavy atom. The third kappa shape index (κ3) is 2.91. The summed E-state index contributed by atoms with van der Waals surface area (Å²) in [6.45, 7) is 4.73.